The highest BCUT2D eigenvalue weighted by molar-refractivity contribution is 5.91. The van der Waals surface area contributed by atoms with E-state index in [1.807, 2.05) is 6.92 Å². The van der Waals surface area contributed by atoms with Crippen LogP contribution in [0.25, 0.3) is 0 Å². The molecule has 1 aromatic heterocycles. The van der Waals surface area contributed by atoms with E-state index < -0.39 is 5.97 Å². The Labute approximate surface area is 104 Å². The number of carboxylic acids is 1. The van der Waals surface area contributed by atoms with Crippen molar-refractivity contribution in [2.75, 3.05) is 5.73 Å². The first-order valence-electron chi connectivity index (χ1n) is 5.28. The van der Waals surface area contributed by atoms with E-state index in [9.17, 15) is 4.79 Å². The molecule has 18 heavy (non-hydrogen) atoms. The molecule has 0 amide bonds. The molecule has 0 aliphatic heterocycles. The Balaban J connectivity index is 2.42. The third-order valence-electron chi connectivity index (χ3n) is 2.41. The van der Waals surface area contributed by atoms with E-state index in [0.717, 1.165) is 5.69 Å². The van der Waals surface area contributed by atoms with E-state index in [-0.39, 0.29) is 11.3 Å². The van der Waals surface area contributed by atoms with Crippen LogP contribution < -0.4 is 10.5 Å². The van der Waals surface area contributed by atoms with Crippen LogP contribution in [-0.4, -0.2) is 20.9 Å². The van der Waals surface area contributed by atoms with Crippen molar-refractivity contribution < 1.29 is 14.6 Å². The van der Waals surface area contributed by atoms with Gasteiger partial charge in [0.25, 0.3) is 0 Å². The Morgan fingerprint density at radius 3 is 2.72 bits per heavy atom. The van der Waals surface area contributed by atoms with Crippen molar-refractivity contribution >= 4 is 11.7 Å². The van der Waals surface area contributed by atoms with Gasteiger partial charge in [-0.25, -0.2) is 9.48 Å². The first-order valence-corrected chi connectivity index (χ1v) is 5.28. The molecule has 6 heteroatoms. The second kappa shape index (κ2) is 4.40. The van der Waals surface area contributed by atoms with Gasteiger partial charge in [-0.15, -0.1) is 0 Å². The van der Waals surface area contributed by atoms with Crippen molar-refractivity contribution in [1.29, 1.82) is 0 Å². The third kappa shape index (κ3) is 2.27. The maximum Gasteiger partial charge on any atom is 0.339 e. The van der Waals surface area contributed by atoms with Gasteiger partial charge in [0.1, 0.15) is 11.3 Å². The highest BCUT2D eigenvalue weighted by Crippen LogP contribution is 2.27. The van der Waals surface area contributed by atoms with Gasteiger partial charge in [-0.3, -0.25) is 0 Å². The molecule has 0 saturated carbocycles. The lowest BCUT2D eigenvalue weighted by Crippen LogP contribution is -2.03. The largest absolute Gasteiger partial charge is 0.478 e. The van der Waals surface area contributed by atoms with E-state index in [1.54, 1.807) is 13.1 Å². The lowest BCUT2D eigenvalue weighted by molar-refractivity contribution is 0.0694. The number of aryl methyl sites for hydroxylation is 2. The van der Waals surface area contributed by atoms with Crippen LogP contribution in [0.1, 0.15) is 16.1 Å². The number of ether oxygens (including phenoxy) is 1. The molecule has 0 radical (unpaired) electrons. The summed E-state index contributed by atoms with van der Waals surface area (Å²) in [5, 5.41) is 13.2. The van der Waals surface area contributed by atoms with Crippen LogP contribution in [-0.2, 0) is 7.05 Å². The molecule has 1 aromatic carbocycles. The number of aromatic nitrogens is 2. The van der Waals surface area contributed by atoms with Crippen LogP contribution >= 0.6 is 0 Å². The van der Waals surface area contributed by atoms with Gasteiger partial charge in [-0.2, -0.15) is 5.10 Å². The Kier molecular flexibility index (Phi) is 2.93. The zero-order valence-corrected chi connectivity index (χ0v) is 10.0. The van der Waals surface area contributed by atoms with Crippen molar-refractivity contribution in [3.05, 3.63) is 35.5 Å². The fourth-order valence-corrected chi connectivity index (χ4v) is 1.60. The second-order valence-corrected chi connectivity index (χ2v) is 3.91. The van der Waals surface area contributed by atoms with Crippen LogP contribution in [0.4, 0.5) is 5.69 Å². The van der Waals surface area contributed by atoms with Gasteiger partial charge < -0.3 is 15.6 Å². The highest BCUT2D eigenvalue weighted by atomic mass is 16.5. The van der Waals surface area contributed by atoms with E-state index in [2.05, 4.69) is 5.10 Å². The van der Waals surface area contributed by atoms with Gasteiger partial charge in [0, 0.05) is 24.9 Å². The predicted octanol–water partition coefficient (Wildman–Crippen LogP) is 1.80. The summed E-state index contributed by atoms with van der Waals surface area (Å²) in [5.41, 5.74) is 6.91. The van der Waals surface area contributed by atoms with E-state index in [1.165, 1.54) is 22.9 Å². The molecule has 1 heterocycles. The number of nitrogen functional groups attached to an aromatic ring is 1. The van der Waals surface area contributed by atoms with Crippen molar-refractivity contribution in [2.24, 2.45) is 7.05 Å². The summed E-state index contributed by atoms with van der Waals surface area (Å²) < 4.78 is 7.07. The van der Waals surface area contributed by atoms with E-state index >= 15 is 0 Å². The molecule has 0 saturated heterocycles. The minimum Gasteiger partial charge on any atom is -0.478 e. The number of nitrogens with zero attached hydrogens (tertiary/aromatic N) is 2. The van der Waals surface area contributed by atoms with Crippen LogP contribution in [0.15, 0.2) is 24.3 Å². The van der Waals surface area contributed by atoms with Crippen LogP contribution in [0.3, 0.4) is 0 Å². The fraction of sp³-hybridized carbons (Fsp3) is 0.167. The number of nitrogens with two attached hydrogens (primary N) is 1. The minimum absolute atomic E-state index is 0.0584. The summed E-state index contributed by atoms with van der Waals surface area (Å²) in [7, 11) is 1.72. The van der Waals surface area contributed by atoms with E-state index in [0.29, 0.717) is 11.6 Å². The molecular formula is C12H13N3O3. The number of benzene rings is 1. The number of aromatic carboxylic acids is 1. The average molecular weight is 247 g/mol. The first-order chi connectivity index (χ1) is 8.47. The first kappa shape index (κ1) is 12.0. The Bertz CT molecular complexity index is 605. The molecule has 3 N–H and O–H groups in total. The third-order valence-corrected chi connectivity index (χ3v) is 2.41. The van der Waals surface area contributed by atoms with Gasteiger partial charge in [-0.1, -0.05) is 0 Å². The SMILES string of the molecule is Cc1cc(Oc2cc(N)ccc2C(=O)O)n(C)n1. The molecule has 2 rings (SSSR count). The van der Waals surface area contributed by atoms with Gasteiger partial charge in [0.2, 0.25) is 5.88 Å². The molecule has 0 atom stereocenters. The maximum absolute atomic E-state index is 11.1. The summed E-state index contributed by atoms with van der Waals surface area (Å²) in [6.07, 6.45) is 0. The molecule has 2 aromatic rings. The zero-order valence-electron chi connectivity index (χ0n) is 10.0. The number of anilines is 1. The van der Waals surface area contributed by atoms with Crippen LogP contribution in [0, 0.1) is 6.92 Å². The summed E-state index contributed by atoms with van der Waals surface area (Å²) in [6.45, 7) is 1.82. The molecule has 0 bridgehead atoms. The highest BCUT2D eigenvalue weighted by Gasteiger charge is 2.14. The van der Waals surface area contributed by atoms with Crippen LogP contribution in [0.2, 0.25) is 0 Å². The Morgan fingerprint density at radius 2 is 2.17 bits per heavy atom. The van der Waals surface area contributed by atoms with E-state index in [4.69, 9.17) is 15.6 Å². The standard InChI is InChI=1S/C12H13N3O3/c1-7-5-11(15(2)14-7)18-10-6-8(13)3-4-9(10)12(16)17/h3-6H,13H2,1-2H3,(H,16,17). The summed E-state index contributed by atoms with van der Waals surface area (Å²) in [6, 6.07) is 6.13. The quantitative estimate of drug-likeness (QED) is 0.807. The zero-order chi connectivity index (χ0) is 13.3. The summed E-state index contributed by atoms with van der Waals surface area (Å²) in [5.74, 6) is -0.407. The number of rotatable bonds is 3. The monoisotopic (exact) mass is 247 g/mol. The lowest BCUT2D eigenvalue weighted by atomic mass is 10.2. The number of hydrogen-bond donors (Lipinski definition) is 2. The van der Waals surface area contributed by atoms with Gasteiger partial charge in [0.05, 0.1) is 5.69 Å². The van der Waals surface area contributed by atoms with Gasteiger partial charge >= 0.3 is 5.97 Å². The normalized spacial score (nSPS) is 10.3. The topological polar surface area (TPSA) is 90.4 Å². The van der Waals surface area contributed by atoms with Crippen molar-refractivity contribution in [3.63, 3.8) is 0 Å². The van der Waals surface area contributed by atoms with Crippen molar-refractivity contribution in [2.45, 2.75) is 6.92 Å². The predicted molar refractivity (Wildman–Crippen MR) is 65.8 cm³/mol. The molecule has 0 spiro atoms. The lowest BCUT2D eigenvalue weighted by Gasteiger charge is -2.09. The van der Waals surface area contributed by atoms with Crippen LogP contribution in [0.5, 0.6) is 11.6 Å². The summed E-state index contributed by atoms with van der Waals surface area (Å²) in [4.78, 5) is 11.1. The molecule has 94 valence electrons. The second-order valence-electron chi connectivity index (χ2n) is 3.91. The van der Waals surface area contributed by atoms with Crippen molar-refractivity contribution in [1.82, 2.24) is 9.78 Å². The molecule has 0 unspecified atom stereocenters. The molecule has 0 aliphatic rings. The van der Waals surface area contributed by atoms with Gasteiger partial charge in [0.15, 0.2) is 0 Å². The smallest absolute Gasteiger partial charge is 0.339 e. The average Bonchev–Trinajstić information content (AvgIpc) is 2.57. The minimum atomic E-state index is -1.07. The molecule has 6 nitrogen and oxygen atoms in total. The van der Waals surface area contributed by atoms with Gasteiger partial charge in [-0.05, 0) is 19.1 Å². The fourth-order valence-electron chi connectivity index (χ4n) is 1.60. The number of carboxylic acid groups (broad SMARTS) is 1. The molecule has 0 aliphatic carbocycles. The molecule has 0 fully saturated rings. The summed E-state index contributed by atoms with van der Waals surface area (Å²) >= 11 is 0. The van der Waals surface area contributed by atoms with Crippen molar-refractivity contribution in [3.8, 4) is 11.6 Å². The number of carbonyl (C=O) groups is 1. The molecular weight excluding hydrogens is 234 g/mol. The Morgan fingerprint density at radius 1 is 1.44 bits per heavy atom. The Hall–Kier alpha value is -2.50. The maximum atomic E-state index is 11.1. The number of hydrogen-bond acceptors (Lipinski definition) is 4.